The summed E-state index contributed by atoms with van der Waals surface area (Å²) in [7, 11) is 0. The summed E-state index contributed by atoms with van der Waals surface area (Å²) in [5.41, 5.74) is 0. The number of rotatable bonds is 16. The number of carbonyl (C=O) groups is 2. The van der Waals surface area contributed by atoms with E-state index >= 15 is 0 Å². The van der Waals surface area contributed by atoms with Crippen LogP contribution in [0.3, 0.4) is 0 Å². The maximum absolute atomic E-state index is 11.2. The Morgan fingerprint density at radius 3 is 1.73 bits per heavy atom. The van der Waals surface area contributed by atoms with E-state index in [2.05, 4.69) is 26.5 Å². The average molecular weight is 393 g/mol. The molecule has 0 saturated heterocycles. The van der Waals surface area contributed by atoms with E-state index in [1.807, 2.05) is 0 Å². The predicted octanol–water partition coefficient (Wildman–Crippen LogP) is 4.86. The first-order valence-electron chi connectivity index (χ1n) is 10.1. The van der Waals surface area contributed by atoms with Crippen LogP contribution in [0.4, 0.5) is 0 Å². The first-order chi connectivity index (χ1) is 12.5. The van der Waals surface area contributed by atoms with Crippen molar-refractivity contribution in [1.82, 2.24) is 0 Å². The molecule has 0 spiro atoms. The molecule has 6 heteroatoms. The molecule has 0 fully saturated rings. The number of carboxylic acid groups (broad SMARTS) is 1. The Morgan fingerprint density at radius 2 is 1.31 bits per heavy atom. The quantitative estimate of drug-likeness (QED) is 0.198. The van der Waals surface area contributed by atoms with Crippen molar-refractivity contribution in [3.63, 3.8) is 0 Å². The largest absolute Gasteiger partial charge is 0.480 e. The number of aliphatic hydroxyl groups excluding tert-OH is 1. The summed E-state index contributed by atoms with van der Waals surface area (Å²) in [5, 5.41) is 15.0. The number of aliphatic carboxylic acids is 1. The van der Waals surface area contributed by atoms with Crippen molar-refractivity contribution in [2.45, 2.75) is 90.9 Å². The summed E-state index contributed by atoms with van der Waals surface area (Å²) < 4.78 is 5.29. The second kappa shape index (κ2) is 22.3. The lowest BCUT2D eigenvalue weighted by Gasteiger charge is -2.17. The number of carboxylic acids is 1. The average Bonchev–Trinajstić information content (AvgIpc) is 2.65. The van der Waals surface area contributed by atoms with Crippen LogP contribution in [0.5, 0.6) is 0 Å². The minimum atomic E-state index is -1.19. The van der Waals surface area contributed by atoms with Crippen LogP contribution >= 0.6 is 12.6 Å². The number of hydrogen-bond acceptors (Lipinski definition) is 5. The van der Waals surface area contributed by atoms with Gasteiger partial charge in [-0.15, -0.1) is 0 Å². The molecule has 0 saturated carbocycles. The second-order valence-electron chi connectivity index (χ2n) is 6.66. The standard InChI is InChI=1S/C18H36O2S.C2H4O3/c1-3-5-7-9-10-12-14-17(13-11-8-6-4-2)15-20-18(19)16-21;3-1-2(4)5/h17,21H,3-16H2,1-2H3;3H,1H2,(H,4,5). The molecule has 0 bridgehead atoms. The maximum Gasteiger partial charge on any atom is 0.329 e. The zero-order valence-electron chi connectivity index (χ0n) is 16.8. The first kappa shape index (κ1) is 27.5. The van der Waals surface area contributed by atoms with Crippen LogP contribution in [-0.2, 0) is 14.3 Å². The molecule has 5 nitrogen and oxygen atoms in total. The van der Waals surface area contributed by atoms with Crippen LogP contribution < -0.4 is 0 Å². The topological polar surface area (TPSA) is 83.8 Å². The number of aliphatic hydroxyl groups is 1. The third-order valence-corrected chi connectivity index (χ3v) is 4.43. The highest BCUT2D eigenvalue weighted by molar-refractivity contribution is 7.81. The lowest BCUT2D eigenvalue weighted by atomic mass is 9.95. The van der Waals surface area contributed by atoms with E-state index in [4.69, 9.17) is 19.7 Å². The molecular weight excluding hydrogens is 352 g/mol. The molecule has 2 N–H and O–H groups in total. The highest BCUT2D eigenvalue weighted by Crippen LogP contribution is 2.19. The molecule has 0 aromatic rings. The molecule has 0 rings (SSSR count). The molecule has 0 aliphatic heterocycles. The Hall–Kier alpha value is -0.750. The monoisotopic (exact) mass is 392 g/mol. The summed E-state index contributed by atoms with van der Waals surface area (Å²) in [4.78, 5) is 20.4. The molecule has 0 aliphatic rings. The highest BCUT2D eigenvalue weighted by Gasteiger charge is 2.11. The molecule has 0 aliphatic carbocycles. The van der Waals surface area contributed by atoms with Gasteiger partial charge in [0.1, 0.15) is 6.61 Å². The Kier molecular flexibility index (Phi) is 23.6. The van der Waals surface area contributed by atoms with Gasteiger partial charge in [0, 0.05) is 0 Å². The molecule has 1 atom stereocenters. The number of esters is 1. The minimum absolute atomic E-state index is 0.181. The van der Waals surface area contributed by atoms with E-state index in [0.717, 1.165) is 0 Å². The van der Waals surface area contributed by atoms with Gasteiger partial charge < -0.3 is 14.9 Å². The van der Waals surface area contributed by atoms with Gasteiger partial charge in [0.2, 0.25) is 0 Å². The number of ether oxygens (including phenoxy) is 1. The molecular formula is C20H40O5S. The highest BCUT2D eigenvalue weighted by atomic mass is 32.1. The SMILES string of the molecule is CCCCCCCCC(CCCCCC)COC(=O)CS.O=C(O)CO. The molecule has 0 aromatic heterocycles. The van der Waals surface area contributed by atoms with Crippen molar-refractivity contribution in [2.24, 2.45) is 5.92 Å². The van der Waals surface area contributed by atoms with E-state index in [1.165, 1.54) is 77.0 Å². The van der Waals surface area contributed by atoms with Crippen molar-refractivity contribution in [3.05, 3.63) is 0 Å². The van der Waals surface area contributed by atoms with Gasteiger partial charge in [0.15, 0.2) is 0 Å². The fraction of sp³-hybridized carbons (Fsp3) is 0.900. The normalized spacial score (nSPS) is 11.4. The van der Waals surface area contributed by atoms with Crippen molar-refractivity contribution in [3.8, 4) is 0 Å². The maximum atomic E-state index is 11.2. The van der Waals surface area contributed by atoms with Gasteiger partial charge in [0.05, 0.1) is 12.4 Å². The number of carbonyl (C=O) groups excluding carboxylic acids is 1. The van der Waals surface area contributed by atoms with Crippen molar-refractivity contribution in [2.75, 3.05) is 19.0 Å². The van der Waals surface area contributed by atoms with Gasteiger partial charge in [0.25, 0.3) is 0 Å². The van der Waals surface area contributed by atoms with Crippen LogP contribution in [0.1, 0.15) is 90.9 Å². The first-order valence-corrected chi connectivity index (χ1v) is 10.7. The molecule has 0 amide bonds. The Labute approximate surface area is 165 Å². The van der Waals surface area contributed by atoms with Gasteiger partial charge in [-0.05, 0) is 18.8 Å². The second-order valence-corrected chi connectivity index (χ2v) is 6.98. The molecule has 1 unspecified atom stereocenters. The van der Waals surface area contributed by atoms with Gasteiger partial charge in [-0.25, -0.2) is 4.79 Å². The van der Waals surface area contributed by atoms with Crippen LogP contribution in [0.2, 0.25) is 0 Å². The molecule has 0 radical (unpaired) electrons. The third kappa shape index (κ3) is 23.2. The summed E-state index contributed by atoms with van der Waals surface area (Å²) in [6.07, 6.45) is 15.6. The third-order valence-electron chi connectivity index (χ3n) is 4.18. The van der Waals surface area contributed by atoms with Crippen molar-refractivity contribution >= 4 is 24.6 Å². The molecule has 0 heterocycles. The Balaban J connectivity index is 0. The molecule has 156 valence electrons. The summed E-state index contributed by atoms with van der Waals surface area (Å²) >= 11 is 3.96. The lowest BCUT2D eigenvalue weighted by Crippen LogP contribution is -2.15. The van der Waals surface area contributed by atoms with Crippen molar-refractivity contribution in [1.29, 1.82) is 0 Å². The zero-order chi connectivity index (χ0) is 20.0. The molecule has 26 heavy (non-hydrogen) atoms. The predicted molar refractivity (Wildman–Crippen MR) is 110 cm³/mol. The summed E-state index contributed by atoms with van der Waals surface area (Å²) in [6, 6.07) is 0. The molecule has 0 aromatic carbocycles. The van der Waals surface area contributed by atoms with Crippen LogP contribution in [0.15, 0.2) is 0 Å². The van der Waals surface area contributed by atoms with Gasteiger partial charge in [-0.1, -0.05) is 78.1 Å². The minimum Gasteiger partial charge on any atom is -0.480 e. The van der Waals surface area contributed by atoms with E-state index in [9.17, 15) is 4.79 Å². The van der Waals surface area contributed by atoms with E-state index < -0.39 is 12.6 Å². The van der Waals surface area contributed by atoms with E-state index in [0.29, 0.717) is 12.5 Å². The van der Waals surface area contributed by atoms with E-state index in [-0.39, 0.29) is 11.7 Å². The Bertz CT molecular complexity index is 323. The Morgan fingerprint density at radius 1 is 0.885 bits per heavy atom. The fourth-order valence-corrected chi connectivity index (χ4v) is 2.73. The van der Waals surface area contributed by atoms with Crippen LogP contribution in [0, 0.1) is 5.92 Å². The van der Waals surface area contributed by atoms with Crippen LogP contribution in [0.25, 0.3) is 0 Å². The fourth-order valence-electron chi connectivity index (χ4n) is 2.64. The zero-order valence-corrected chi connectivity index (χ0v) is 17.6. The lowest BCUT2D eigenvalue weighted by molar-refractivity contribution is -0.142. The van der Waals surface area contributed by atoms with E-state index in [1.54, 1.807) is 0 Å². The van der Waals surface area contributed by atoms with Gasteiger partial charge in [-0.2, -0.15) is 12.6 Å². The number of unbranched alkanes of at least 4 members (excludes halogenated alkanes) is 8. The van der Waals surface area contributed by atoms with Crippen LogP contribution in [-0.4, -0.2) is 41.1 Å². The smallest absolute Gasteiger partial charge is 0.329 e. The van der Waals surface area contributed by atoms with Crippen molar-refractivity contribution < 1.29 is 24.5 Å². The number of thiol groups is 1. The van der Waals surface area contributed by atoms with Gasteiger partial charge >= 0.3 is 11.9 Å². The summed E-state index contributed by atoms with van der Waals surface area (Å²) in [6.45, 7) is 4.31. The van der Waals surface area contributed by atoms with Gasteiger partial charge in [-0.3, -0.25) is 4.79 Å². The summed E-state index contributed by atoms with van der Waals surface area (Å²) in [5.74, 6) is -0.624. The number of hydrogen-bond donors (Lipinski definition) is 3.